The van der Waals surface area contributed by atoms with Crippen molar-refractivity contribution < 1.29 is 5.11 Å². The molecule has 1 rings (SSSR count). The van der Waals surface area contributed by atoms with Crippen LogP contribution in [0.5, 0.6) is 0 Å². The van der Waals surface area contributed by atoms with Crippen LogP contribution in [-0.4, -0.2) is 39.3 Å². The highest BCUT2D eigenvalue weighted by Crippen LogP contribution is 2.14. The van der Waals surface area contributed by atoms with Crippen molar-refractivity contribution in [2.45, 2.75) is 39.7 Å². The lowest BCUT2D eigenvalue weighted by Crippen LogP contribution is -2.28. The molecule has 0 spiro atoms. The van der Waals surface area contributed by atoms with Crippen molar-refractivity contribution in [1.82, 2.24) is 15.0 Å². The average Bonchev–Trinajstić information content (AvgIpc) is 2.37. The molecule has 1 unspecified atom stereocenters. The SMILES string of the molecule is CCNc1nc(Cl)nc(NCC(O)C(CC)CC)n1. The molecule has 0 saturated heterocycles. The molecule has 19 heavy (non-hydrogen) atoms. The predicted octanol–water partition coefficient (Wildman–Crippen LogP) is 2.17. The number of anilines is 2. The molecule has 0 aliphatic rings. The number of halogens is 1. The third-order valence-corrected chi connectivity index (χ3v) is 3.17. The minimum Gasteiger partial charge on any atom is -0.391 e. The summed E-state index contributed by atoms with van der Waals surface area (Å²) in [5, 5.41) is 16.1. The molecule has 1 aromatic rings. The zero-order valence-electron chi connectivity index (χ0n) is 11.6. The van der Waals surface area contributed by atoms with E-state index in [1.54, 1.807) is 0 Å². The van der Waals surface area contributed by atoms with Gasteiger partial charge in [0.15, 0.2) is 0 Å². The van der Waals surface area contributed by atoms with Gasteiger partial charge in [-0.25, -0.2) is 0 Å². The molecule has 0 aliphatic carbocycles. The smallest absolute Gasteiger partial charge is 0.228 e. The highest BCUT2D eigenvalue weighted by atomic mass is 35.5. The van der Waals surface area contributed by atoms with E-state index in [1.807, 2.05) is 6.92 Å². The molecule has 6 nitrogen and oxygen atoms in total. The summed E-state index contributed by atoms with van der Waals surface area (Å²) >= 11 is 5.81. The molecule has 0 amide bonds. The number of aliphatic hydroxyl groups excluding tert-OH is 1. The second-order valence-electron chi connectivity index (χ2n) is 4.31. The van der Waals surface area contributed by atoms with Crippen LogP contribution in [0.2, 0.25) is 5.28 Å². The van der Waals surface area contributed by atoms with Crippen LogP contribution >= 0.6 is 11.6 Å². The molecule has 0 saturated carbocycles. The van der Waals surface area contributed by atoms with Crippen molar-refractivity contribution >= 4 is 23.5 Å². The van der Waals surface area contributed by atoms with Crippen molar-refractivity contribution in [1.29, 1.82) is 0 Å². The Labute approximate surface area is 119 Å². The van der Waals surface area contributed by atoms with Gasteiger partial charge in [-0.2, -0.15) is 15.0 Å². The first-order valence-corrected chi connectivity index (χ1v) is 7.05. The summed E-state index contributed by atoms with van der Waals surface area (Å²) in [6.45, 7) is 7.19. The predicted molar refractivity (Wildman–Crippen MR) is 77.6 cm³/mol. The summed E-state index contributed by atoms with van der Waals surface area (Å²) in [6, 6.07) is 0. The fourth-order valence-electron chi connectivity index (χ4n) is 1.86. The summed E-state index contributed by atoms with van der Waals surface area (Å²) in [5.74, 6) is 1.08. The maximum atomic E-state index is 10.0. The van der Waals surface area contributed by atoms with E-state index in [9.17, 15) is 5.11 Å². The normalized spacial score (nSPS) is 12.5. The fourth-order valence-corrected chi connectivity index (χ4v) is 2.02. The number of rotatable bonds is 8. The van der Waals surface area contributed by atoms with Crippen LogP contribution in [0.1, 0.15) is 33.6 Å². The Hall–Kier alpha value is -1.14. The van der Waals surface area contributed by atoms with E-state index >= 15 is 0 Å². The van der Waals surface area contributed by atoms with Crippen LogP contribution in [0, 0.1) is 5.92 Å². The molecule has 7 heteroatoms. The molecular weight excluding hydrogens is 266 g/mol. The maximum absolute atomic E-state index is 10.0. The van der Waals surface area contributed by atoms with Crippen LogP contribution in [-0.2, 0) is 0 Å². The molecule has 0 bridgehead atoms. The van der Waals surface area contributed by atoms with Gasteiger partial charge in [0.25, 0.3) is 0 Å². The Morgan fingerprint density at radius 3 is 2.16 bits per heavy atom. The van der Waals surface area contributed by atoms with Gasteiger partial charge in [0, 0.05) is 13.1 Å². The van der Waals surface area contributed by atoms with Crippen molar-refractivity contribution in [2.24, 2.45) is 5.92 Å². The molecule has 0 fully saturated rings. The number of aliphatic hydroxyl groups is 1. The van der Waals surface area contributed by atoms with Gasteiger partial charge < -0.3 is 15.7 Å². The number of nitrogens with zero attached hydrogens (tertiary/aromatic N) is 3. The third-order valence-electron chi connectivity index (χ3n) is 3.01. The van der Waals surface area contributed by atoms with Gasteiger partial charge in [0.1, 0.15) is 0 Å². The van der Waals surface area contributed by atoms with E-state index in [2.05, 4.69) is 39.4 Å². The fraction of sp³-hybridized carbons (Fsp3) is 0.750. The summed E-state index contributed by atoms with van der Waals surface area (Å²) in [6.07, 6.45) is 1.47. The Bertz CT molecular complexity index is 386. The van der Waals surface area contributed by atoms with Crippen LogP contribution in [0.25, 0.3) is 0 Å². The first kappa shape index (κ1) is 15.9. The standard InChI is InChI=1S/C12H22ClN5O/c1-4-8(5-2)9(19)7-15-12-17-10(13)16-11(18-12)14-6-3/h8-9,19H,4-7H2,1-3H3,(H2,14,15,16,17,18). The van der Waals surface area contributed by atoms with Gasteiger partial charge >= 0.3 is 0 Å². The van der Waals surface area contributed by atoms with E-state index in [0.717, 1.165) is 12.8 Å². The number of nitrogens with one attached hydrogen (secondary N) is 2. The van der Waals surface area contributed by atoms with Crippen LogP contribution in [0.3, 0.4) is 0 Å². The summed E-state index contributed by atoms with van der Waals surface area (Å²) in [4.78, 5) is 12.1. The van der Waals surface area contributed by atoms with E-state index in [1.165, 1.54) is 0 Å². The van der Waals surface area contributed by atoms with Crippen molar-refractivity contribution in [2.75, 3.05) is 23.7 Å². The molecule has 1 atom stereocenters. The zero-order valence-corrected chi connectivity index (χ0v) is 12.4. The molecule has 108 valence electrons. The van der Waals surface area contributed by atoms with Gasteiger partial charge in [0.2, 0.25) is 17.2 Å². The van der Waals surface area contributed by atoms with E-state index < -0.39 is 6.10 Å². The topological polar surface area (TPSA) is 83.0 Å². The lowest BCUT2D eigenvalue weighted by molar-refractivity contribution is 0.114. The molecular formula is C12H22ClN5O. The van der Waals surface area contributed by atoms with Crippen LogP contribution in [0.15, 0.2) is 0 Å². The van der Waals surface area contributed by atoms with Gasteiger partial charge in [-0.1, -0.05) is 26.7 Å². The lowest BCUT2D eigenvalue weighted by Gasteiger charge is -2.20. The Morgan fingerprint density at radius 2 is 1.63 bits per heavy atom. The van der Waals surface area contributed by atoms with Gasteiger partial charge in [0.05, 0.1) is 6.10 Å². The minimum atomic E-state index is -0.423. The highest BCUT2D eigenvalue weighted by Gasteiger charge is 2.15. The minimum absolute atomic E-state index is 0.130. The molecule has 1 heterocycles. The second kappa shape index (κ2) is 8.12. The van der Waals surface area contributed by atoms with Gasteiger partial charge in [-0.15, -0.1) is 0 Å². The summed E-state index contributed by atoms with van der Waals surface area (Å²) in [7, 11) is 0. The molecule has 1 aromatic heterocycles. The van der Waals surface area contributed by atoms with Gasteiger partial charge in [-0.3, -0.25) is 0 Å². The third kappa shape index (κ3) is 5.16. The molecule has 0 aromatic carbocycles. The van der Waals surface area contributed by atoms with Crippen molar-refractivity contribution in [3.05, 3.63) is 5.28 Å². The summed E-state index contributed by atoms with van der Waals surface area (Å²) < 4.78 is 0. The highest BCUT2D eigenvalue weighted by molar-refractivity contribution is 6.28. The van der Waals surface area contributed by atoms with Crippen molar-refractivity contribution in [3.8, 4) is 0 Å². The average molecular weight is 288 g/mol. The Morgan fingerprint density at radius 1 is 1.05 bits per heavy atom. The maximum Gasteiger partial charge on any atom is 0.228 e. The van der Waals surface area contributed by atoms with Crippen LogP contribution < -0.4 is 10.6 Å². The zero-order chi connectivity index (χ0) is 14.3. The molecule has 0 aliphatic heterocycles. The number of hydrogen-bond donors (Lipinski definition) is 3. The van der Waals surface area contributed by atoms with E-state index in [-0.39, 0.29) is 11.2 Å². The monoisotopic (exact) mass is 287 g/mol. The number of hydrogen-bond acceptors (Lipinski definition) is 6. The number of aromatic nitrogens is 3. The second-order valence-corrected chi connectivity index (χ2v) is 4.64. The first-order valence-electron chi connectivity index (χ1n) is 6.68. The molecule has 0 radical (unpaired) electrons. The largest absolute Gasteiger partial charge is 0.391 e. The lowest BCUT2D eigenvalue weighted by atomic mass is 9.97. The first-order chi connectivity index (χ1) is 9.10. The quantitative estimate of drug-likeness (QED) is 0.680. The summed E-state index contributed by atoms with van der Waals surface area (Å²) in [5.41, 5.74) is 0. The van der Waals surface area contributed by atoms with Crippen molar-refractivity contribution in [3.63, 3.8) is 0 Å². The van der Waals surface area contributed by atoms with E-state index in [4.69, 9.17) is 11.6 Å². The Balaban J connectivity index is 2.61. The van der Waals surface area contributed by atoms with Gasteiger partial charge in [-0.05, 0) is 24.4 Å². The van der Waals surface area contributed by atoms with E-state index in [0.29, 0.717) is 25.0 Å². The van der Waals surface area contributed by atoms with Crippen LogP contribution in [0.4, 0.5) is 11.9 Å². The molecule has 3 N–H and O–H groups in total. The Kier molecular flexibility index (Phi) is 6.80.